The van der Waals surface area contributed by atoms with Gasteiger partial charge < -0.3 is 9.84 Å². The van der Waals surface area contributed by atoms with Gasteiger partial charge in [0.05, 0.1) is 18.8 Å². The predicted molar refractivity (Wildman–Crippen MR) is 69.2 cm³/mol. The molecule has 0 radical (unpaired) electrons. The Morgan fingerprint density at radius 3 is 2.20 bits per heavy atom. The summed E-state index contributed by atoms with van der Waals surface area (Å²) in [6.45, 7) is 0. The molecule has 3 fully saturated rings. The fraction of sp³-hybridized carbons (Fsp3) is 0.625. The lowest BCUT2D eigenvalue weighted by Gasteiger charge is -2.17. The summed E-state index contributed by atoms with van der Waals surface area (Å²) in [5, 5.41) is 10.4. The molecule has 0 amide bonds. The van der Waals surface area contributed by atoms with Crippen molar-refractivity contribution >= 4 is 0 Å². The molecular weight excluding hydrogens is 262 g/mol. The monoisotopic (exact) mass is 280 g/mol. The number of methoxy groups -OCH3 is 1. The highest BCUT2D eigenvalue weighted by molar-refractivity contribution is 5.34. The summed E-state index contributed by atoms with van der Waals surface area (Å²) in [5.74, 6) is 1.13. The van der Waals surface area contributed by atoms with Crippen LogP contribution in [0, 0.1) is 41.2 Å². The highest BCUT2D eigenvalue weighted by Crippen LogP contribution is 2.72. The molecule has 0 aliphatic heterocycles. The van der Waals surface area contributed by atoms with Gasteiger partial charge in [-0.25, -0.2) is 8.78 Å². The van der Waals surface area contributed by atoms with E-state index in [1.165, 1.54) is 26.4 Å². The molecule has 4 heteroatoms. The summed E-state index contributed by atoms with van der Waals surface area (Å²) in [5.41, 5.74) is -0.176. The number of halogens is 2. The van der Waals surface area contributed by atoms with E-state index in [0.717, 1.165) is 12.1 Å². The number of aliphatic hydroxyl groups is 1. The van der Waals surface area contributed by atoms with Crippen LogP contribution in [0.2, 0.25) is 0 Å². The second-order valence-electron chi connectivity index (χ2n) is 6.51. The van der Waals surface area contributed by atoms with E-state index < -0.39 is 17.7 Å². The van der Waals surface area contributed by atoms with Crippen molar-refractivity contribution in [2.75, 3.05) is 7.11 Å². The number of rotatable bonds is 3. The molecule has 0 spiro atoms. The molecule has 4 rings (SSSR count). The summed E-state index contributed by atoms with van der Waals surface area (Å²) < 4.78 is 32.9. The van der Waals surface area contributed by atoms with Gasteiger partial charge in [0.25, 0.3) is 0 Å². The number of benzene rings is 1. The lowest BCUT2D eigenvalue weighted by Crippen LogP contribution is -2.12. The van der Waals surface area contributed by atoms with Crippen molar-refractivity contribution in [2.24, 2.45) is 29.6 Å². The van der Waals surface area contributed by atoms with Gasteiger partial charge in [-0.05, 0) is 48.9 Å². The van der Waals surface area contributed by atoms with Crippen LogP contribution in [-0.4, -0.2) is 12.2 Å². The van der Waals surface area contributed by atoms with Gasteiger partial charge in [-0.3, -0.25) is 0 Å². The lowest BCUT2D eigenvalue weighted by molar-refractivity contribution is 0.121. The van der Waals surface area contributed by atoms with Gasteiger partial charge in [0, 0.05) is 12.1 Å². The van der Waals surface area contributed by atoms with Crippen LogP contribution in [0.5, 0.6) is 5.75 Å². The quantitative estimate of drug-likeness (QED) is 0.920. The predicted octanol–water partition coefficient (Wildman–Crippen LogP) is 3.30. The fourth-order valence-electron chi connectivity index (χ4n) is 4.97. The normalized spacial score (nSPS) is 38.7. The van der Waals surface area contributed by atoms with E-state index >= 15 is 0 Å². The molecule has 2 nitrogen and oxygen atoms in total. The molecule has 1 aromatic rings. The van der Waals surface area contributed by atoms with Gasteiger partial charge in [0.15, 0.2) is 0 Å². The average molecular weight is 280 g/mol. The molecule has 108 valence electrons. The van der Waals surface area contributed by atoms with Crippen LogP contribution in [0.1, 0.15) is 30.9 Å². The van der Waals surface area contributed by atoms with Crippen LogP contribution in [-0.2, 0) is 0 Å². The molecule has 0 aromatic heterocycles. The average Bonchev–Trinajstić information content (AvgIpc) is 2.86. The Kier molecular flexibility index (Phi) is 2.62. The van der Waals surface area contributed by atoms with Crippen LogP contribution < -0.4 is 4.74 Å². The molecule has 1 aromatic carbocycles. The molecule has 20 heavy (non-hydrogen) atoms. The Hall–Kier alpha value is -1.16. The minimum atomic E-state index is -1.01. The summed E-state index contributed by atoms with van der Waals surface area (Å²) >= 11 is 0. The van der Waals surface area contributed by atoms with Crippen molar-refractivity contribution < 1.29 is 18.6 Å². The third-order valence-electron chi connectivity index (χ3n) is 5.74. The Bertz CT molecular complexity index is 520. The van der Waals surface area contributed by atoms with Crippen molar-refractivity contribution in [3.05, 3.63) is 29.3 Å². The smallest absolute Gasteiger partial charge is 0.135 e. The van der Waals surface area contributed by atoms with E-state index in [1.54, 1.807) is 0 Å². The second kappa shape index (κ2) is 4.17. The molecule has 5 atom stereocenters. The molecule has 2 bridgehead atoms. The highest BCUT2D eigenvalue weighted by Gasteiger charge is 2.67. The highest BCUT2D eigenvalue weighted by atomic mass is 19.1. The third-order valence-corrected chi connectivity index (χ3v) is 5.74. The topological polar surface area (TPSA) is 29.5 Å². The van der Waals surface area contributed by atoms with Crippen LogP contribution in [0.25, 0.3) is 0 Å². The maximum Gasteiger partial charge on any atom is 0.135 e. The largest absolute Gasteiger partial charge is 0.497 e. The zero-order valence-electron chi connectivity index (χ0n) is 11.4. The molecule has 0 saturated heterocycles. The summed E-state index contributed by atoms with van der Waals surface area (Å²) in [7, 11) is 1.37. The molecule has 3 saturated carbocycles. The standard InChI is InChI=1S/C16H18F2O2/c1-20-9-5-10(17)14(11(18)6-9)16(19)15-12-7-2-3-8(4-7)13(12)15/h5-8,12-13,15-16,19H,2-4H2,1H3. The first-order valence-corrected chi connectivity index (χ1v) is 7.32. The Morgan fingerprint density at radius 2 is 1.70 bits per heavy atom. The van der Waals surface area contributed by atoms with Gasteiger partial charge in [-0.2, -0.15) is 0 Å². The van der Waals surface area contributed by atoms with Gasteiger partial charge in [-0.15, -0.1) is 0 Å². The number of fused-ring (bicyclic) bond motifs is 5. The van der Waals surface area contributed by atoms with E-state index in [9.17, 15) is 13.9 Å². The van der Waals surface area contributed by atoms with Crippen molar-refractivity contribution in [3.63, 3.8) is 0 Å². The number of aliphatic hydroxyl groups excluding tert-OH is 1. The zero-order valence-corrected chi connectivity index (χ0v) is 11.4. The van der Waals surface area contributed by atoms with E-state index in [0.29, 0.717) is 23.7 Å². The second-order valence-corrected chi connectivity index (χ2v) is 6.51. The molecule has 3 aliphatic rings. The SMILES string of the molecule is COc1cc(F)c(C(O)C2C3C4CCC(C4)C32)c(F)c1. The van der Waals surface area contributed by atoms with Crippen molar-refractivity contribution in [1.29, 1.82) is 0 Å². The van der Waals surface area contributed by atoms with Crippen LogP contribution in [0.4, 0.5) is 8.78 Å². The maximum absolute atomic E-state index is 14.0. The van der Waals surface area contributed by atoms with Crippen LogP contribution >= 0.6 is 0 Å². The Labute approximate surface area is 116 Å². The fourth-order valence-corrected chi connectivity index (χ4v) is 4.97. The third kappa shape index (κ3) is 1.57. The zero-order chi connectivity index (χ0) is 14.0. The summed E-state index contributed by atoms with van der Waals surface area (Å²) in [6.07, 6.45) is 2.69. The molecule has 3 aliphatic carbocycles. The minimum absolute atomic E-state index is 0.0543. The summed E-state index contributed by atoms with van der Waals surface area (Å²) in [4.78, 5) is 0. The van der Waals surface area contributed by atoms with Gasteiger partial charge in [0.2, 0.25) is 0 Å². The van der Waals surface area contributed by atoms with Crippen molar-refractivity contribution in [3.8, 4) is 5.75 Å². The van der Waals surface area contributed by atoms with E-state index in [-0.39, 0.29) is 17.2 Å². The van der Waals surface area contributed by atoms with Gasteiger partial charge in [0.1, 0.15) is 17.4 Å². The van der Waals surface area contributed by atoms with E-state index in [4.69, 9.17) is 4.74 Å². The van der Waals surface area contributed by atoms with Crippen molar-refractivity contribution in [1.82, 2.24) is 0 Å². The van der Waals surface area contributed by atoms with Crippen molar-refractivity contribution in [2.45, 2.75) is 25.4 Å². The summed E-state index contributed by atoms with van der Waals surface area (Å²) in [6, 6.07) is 2.29. The Balaban J connectivity index is 1.63. The first kappa shape index (κ1) is 12.6. The lowest BCUT2D eigenvalue weighted by atomic mass is 9.94. The minimum Gasteiger partial charge on any atom is -0.497 e. The van der Waals surface area contributed by atoms with E-state index in [1.807, 2.05) is 0 Å². The number of hydrogen-bond donors (Lipinski definition) is 1. The van der Waals surface area contributed by atoms with Crippen LogP contribution in [0.15, 0.2) is 12.1 Å². The molecule has 5 unspecified atom stereocenters. The van der Waals surface area contributed by atoms with E-state index in [2.05, 4.69) is 0 Å². The molecule has 1 N–H and O–H groups in total. The van der Waals surface area contributed by atoms with Gasteiger partial charge in [-0.1, -0.05) is 0 Å². The first-order chi connectivity index (χ1) is 9.61. The Morgan fingerprint density at radius 1 is 1.15 bits per heavy atom. The maximum atomic E-state index is 14.0. The van der Waals surface area contributed by atoms with Gasteiger partial charge >= 0.3 is 0 Å². The molecular formula is C16H18F2O2. The molecule has 0 heterocycles. The number of hydrogen-bond acceptors (Lipinski definition) is 2. The first-order valence-electron chi connectivity index (χ1n) is 7.32. The van der Waals surface area contributed by atoms with Crippen LogP contribution in [0.3, 0.4) is 0 Å². The number of ether oxygens (including phenoxy) is 1.